The minimum absolute atomic E-state index is 0.0807. The maximum atomic E-state index is 6.96. The first-order valence-corrected chi connectivity index (χ1v) is 8.30. The van der Waals surface area contributed by atoms with E-state index in [2.05, 4.69) is 31.2 Å². The van der Waals surface area contributed by atoms with Crippen LogP contribution < -0.4 is 0 Å². The molecule has 2 aromatic rings. The van der Waals surface area contributed by atoms with Crippen LogP contribution in [-0.4, -0.2) is 0 Å². The predicted molar refractivity (Wildman–Crippen MR) is 88.7 cm³/mol. The Labute approximate surface area is 131 Å². The molecule has 20 heavy (non-hydrogen) atoms. The topological polar surface area (TPSA) is 0 Å². The number of rotatable bonds is 3. The lowest BCUT2D eigenvalue weighted by Gasteiger charge is -2.34. The highest BCUT2D eigenvalue weighted by molar-refractivity contribution is 6.35. The molecule has 0 heterocycles. The zero-order valence-electron chi connectivity index (χ0n) is 11.8. The molecule has 0 aliphatic heterocycles. The molecule has 0 bridgehead atoms. The second-order valence-electron chi connectivity index (χ2n) is 5.97. The fourth-order valence-electron chi connectivity index (χ4n) is 3.70. The van der Waals surface area contributed by atoms with Crippen LogP contribution in [0.4, 0.5) is 0 Å². The van der Waals surface area contributed by atoms with Gasteiger partial charge in [-0.05, 0) is 41.7 Å². The summed E-state index contributed by atoms with van der Waals surface area (Å²) in [7, 11) is 0. The normalized spacial score (nSPS) is 19.4. The Bertz CT molecular complexity index is 612. The highest BCUT2D eigenvalue weighted by Gasteiger charge is 2.40. The van der Waals surface area contributed by atoms with Crippen LogP contribution in [-0.2, 0) is 0 Å². The molecule has 2 heteroatoms. The van der Waals surface area contributed by atoms with Gasteiger partial charge in [0.15, 0.2) is 0 Å². The third kappa shape index (κ3) is 2.23. The quantitative estimate of drug-likeness (QED) is 0.550. The maximum Gasteiger partial charge on any atom is 0.0647 e. The second kappa shape index (κ2) is 5.58. The fraction of sp³-hybridized carbons (Fsp3) is 0.444. The van der Waals surface area contributed by atoms with Gasteiger partial charge in [0.1, 0.15) is 0 Å². The van der Waals surface area contributed by atoms with E-state index < -0.39 is 0 Å². The van der Waals surface area contributed by atoms with E-state index >= 15 is 0 Å². The number of alkyl halides is 1. The van der Waals surface area contributed by atoms with E-state index in [1.54, 1.807) is 0 Å². The van der Waals surface area contributed by atoms with Crippen LogP contribution >= 0.6 is 23.2 Å². The summed E-state index contributed by atoms with van der Waals surface area (Å²) in [4.78, 5) is 0. The first kappa shape index (κ1) is 14.2. The minimum atomic E-state index is 0.0807. The molecule has 0 saturated heterocycles. The van der Waals surface area contributed by atoms with E-state index in [9.17, 15) is 0 Å². The SMILES string of the molecule is CCC1(C(Cl)c2ccc(Cl)c3ccccc23)CCCC1. The molecule has 1 aliphatic rings. The first-order chi connectivity index (χ1) is 9.68. The smallest absolute Gasteiger partial charge is 0.0647 e. The van der Waals surface area contributed by atoms with Crippen molar-refractivity contribution < 1.29 is 0 Å². The molecule has 0 N–H and O–H groups in total. The van der Waals surface area contributed by atoms with Crippen LogP contribution in [0.1, 0.15) is 50.0 Å². The molecule has 0 spiro atoms. The van der Waals surface area contributed by atoms with Crippen molar-refractivity contribution in [2.24, 2.45) is 5.41 Å². The number of fused-ring (bicyclic) bond motifs is 1. The molecule has 1 atom stereocenters. The molecule has 1 saturated carbocycles. The van der Waals surface area contributed by atoms with Crippen molar-refractivity contribution in [2.75, 3.05) is 0 Å². The number of halogens is 2. The molecule has 106 valence electrons. The molecule has 0 amide bonds. The van der Waals surface area contributed by atoms with Crippen LogP contribution in [0, 0.1) is 5.41 Å². The minimum Gasteiger partial charge on any atom is -0.117 e. The van der Waals surface area contributed by atoms with Gasteiger partial charge in [-0.25, -0.2) is 0 Å². The number of hydrogen-bond acceptors (Lipinski definition) is 0. The summed E-state index contributed by atoms with van der Waals surface area (Å²) in [5.74, 6) is 0. The van der Waals surface area contributed by atoms with Gasteiger partial charge in [-0.15, -0.1) is 11.6 Å². The van der Waals surface area contributed by atoms with E-state index in [1.165, 1.54) is 36.6 Å². The van der Waals surface area contributed by atoms with Crippen LogP contribution in [0.3, 0.4) is 0 Å². The predicted octanol–water partition coefficient (Wildman–Crippen LogP) is 6.74. The van der Waals surface area contributed by atoms with Crippen molar-refractivity contribution >= 4 is 34.0 Å². The van der Waals surface area contributed by atoms with E-state index in [0.717, 1.165) is 16.8 Å². The van der Waals surface area contributed by atoms with Crippen LogP contribution in [0.15, 0.2) is 36.4 Å². The lowest BCUT2D eigenvalue weighted by molar-refractivity contribution is 0.272. The molecule has 3 rings (SSSR count). The van der Waals surface area contributed by atoms with Crippen molar-refractivity contribution in [3.05, 3.63) is 47.0 Å². The first-order valence-electron chi connectivity index (χ1n) is 7.49. The summed E-state index contributed by atoms with van der Waals surface area (Å²) in [6.07, 6.45) is 6.26. The van der Waals surface area contributed by atoms with E-state index in [-0.39, 0.29) is 10.8 Å². The van der Waals surface area contributed by atoms with Crippen molar-refractivity contribution in [3.63, 3.8) is 0 Å². The standard InChI is InChI=1S/C18H20Cl2/c1-2-18(11-5-6-12-18)17(20)15-9-10-16(19)14-8-4-3-7-13(14)15/h3-4,7-10,17H,2,5-6,11-12H2,1H3. The van der Waals surface area contributed by atoms with Gasteiger partial charge < -0.3 is 0 Å². The van der Waals surface area contributed by atoms with Crippen molar-refractivity contribution in [1.82, 2.24) is 0 Å². The summed E-state index contributed by atoms with van der Waals surface area (Å²) in [5.41, 5.74) is 1.51. The molecule has 0 aromatic heterocycles. The van der Waals surface area contributed by atoms with E-state index in [0.29, 0.717) is 0 Å². The number of hydrogen-bond donors (Lipinski definition) is 0. The summed E-state index contributed by atoms with van der Waals surface area (Å²) < 4.78 is 0. The van der Waals surface area contributed by atoms with Crippen molar-refractivity contribution in [3.8, 4) is 0 Å². The average Bonchev–Trinajstić information content (AvgIpc) is 2.97. The third-order valence-electron chi connectivity index (χ3n) is 5.02. The van der Waals surface area contributed by atoms with Gasteiger partial charge in [-0.1, -0.05) is 61.7 Å². The van der Waals surface area contributed by atoms with E-state index in [4.69, 9.17) is 23.2 Å². The summed E-state index contributed by atoms with van der Waals surface area (Å²) in [6.45, 7) is 2.28. The molecule has 0 radical (unpaired) electrons. The molecular weight excluding hydrogens is 287 g/mol. The van der Waals surface area contributed by atoms with Gasteiger partial charge in [-0.2, -0.15) is 0 Å². The largest absolute Gasteiger partial charge is 0.117 e. The van der Waals surface area contributed by atoms with Crippen LogP contribution in [0.5, 0.6) is 0 Å². The van der Waals surface area contributed by atoms with Gasteiger partial charge in [0.05, 0.1) is 5.38 Å². The summed E-state index contributed by atoms with van der Waals surface area (Å²) in [5, 5.41) is 3.21. The molecule has 2 aromatic carbocycles. The van der Waals surface area contributed by atoms with Gasteiger partial charge in [0.2, 0.25) is 0 Å². The van der Waals surface area contributed by atoms with Gasteiger partial charge in [0, 0.05) is 10.4 Å². The van der Waals surface area contributed by atoms with Crippen LogP contribution in [0.2, 0.25) is 5.02 Å². The number of benzene rings is 2. The lowest BCUT2D eigenvalue weighted by Crippen LogP contribution is -2.21. The Morgan fingerprint density at radius 1 is 1.05 bits per heavy atom. The van der Waals surface area contributed by atoms with Gasteiger partial charge >= 0.3 is 0 Å². The Morgan fingerprint density at radius 3 is 2.35 bits per heavy atom. The van der Waals surface area contributed by atoms with Gasteiger partial charge in [-0.3, -0.25) is 0 Å². The van der Waals surface area contributed by atoms with E-state index in [1.807, 2.05) is 12.1 Å². The molecule has 1 fully saturated rings. The fourth-order valence-corrected chi connectivity index (χ4v) is 4.49. The summed E-state index contributed by atoms with van der Waals surface area (Å²) in [6, 6.07) is 12.4. The highest BCUT2D eigenvalue weighted by Crippen LogP contribution is 2.54. The monoisotopic (exact) mass is 306 g/mol. The van der Waals surface area contributed by atoms with Gasteiger partial charge in [0.25, 0.3) is 0 Å². The maximum absolute atomic E-state index is 6.96. The zero-order chi connectivity index (χ0) is 14.2. The van der Waals surface area contributed by atoms with Crippen molar-refractivity contribution in [2.45, 2.75) is 44.4 Å². The van der Waals surface area contributed by atoms with Crippen LogP contribution in [0.25, 0.3) is 10.8 Å². The summed E-state index contributed by atoms with van der Waals surface area (Å²) >= 11 is 13.3. The lowest BCUT2D eigenvalue weighted by atomic mass is 9.76. The average molecular weight is 307 g/mol. The Kier molecular flexibility index (Phi) is 3.97. The van der Waals surface area contributed by atoms with Crippen molar-refractivity contribution in [1.29, 1.82) is 0 Å². The second-order valence-corrected chi connectivity index (χ2v) is 6.81. The molecule has 1 aliphatic carbocycles. The third-order valence-corrected chi connectivity index (χ3v) is 6.05. The zero-order valence-corrected chi connectivity index (χ0v) is 13.3. The molecular formula is C18H20Cl2. The molecule has 0 nitrogen and oxygen atoms in total. The Hall–Kier alpha value is -0.720. The molecule has 1 unspecified atom stereocenters. The Morgan fingerprint density at radius 2 is 1.70 bits per heavy atom. The Balaban J connectivity index is 2.12. The highest BCUT2D eigenvalue weighted by atomic mass is 35.5.